The van der Waals surface area contributed by atoms with Crippen LogP contribution in [0.4, 0.5) is 10.1 Å². The first-order chi connectivity index (χ1) is 14.6. The zero-order valence-corrected chi connectivity index (χ0v) is 17.0. The minimum atomic E-state index is -0.340. The Bertz CT molecular complexity index is 896. The molecular weight excluding hydrogens is 393 g/mol. The van der Waals surface area contributed by atoms with Crippen molar-refractivity contribution in [2.45, 2.75) is 6.54 Å². The van der Waals surface area contributed by atoms with E-state index < -0.39 is 0 Å². The first-order valence-electron chi connectivity index (χ1n) is 9.90. The lowest BCUT2D eigenvalue weighted by Gasteiger charge is -2.33. The van der Waals surface area contributed by atoms with E-state index in [-0.39, 0.29) is 29.5 Å². The third-order valence-corrected chi connectivity index (χ3v) is 4.93. The molecule has 0 radical (unpaired) electrons. The van der Waals surface area contributed by atoms with Crippen molar-refractivity contribution in [3.8, 4) is 5.75 Å². The molecule has 1 aliphatic heterocycles. The molecule has 8 nitrogen and oxygen atoms in total. The van der Waals surface area contributed by atoms with Crippen LogP contribution in [0.25, 0.3) is 0 Å². The topological polar surface area (TPSA) is 85.4 Å². The van der Waals surface area contributed by atoms with Gasteiger partial charge in [-0.3, -0.25) is 9.59 Å². The van der Waals surface area contributed by atoms with Gasteiger partial charge in [-0.15, -0.1) is 0 Å². The monoisotopic (exact) mass is 420 g/mol. The van der Waals surface area contributed by atoms with Gasteiger partial charge in [0.05, 0.1) is 38.5 Å². The molecule has 0 saturated carbocycles. The highest BCUT2D eigenvalue weighted by Crippen LogP contribution is 2.18. The molecule has 1 amide bonds. The van der Waals surface area contributed by atoms with Crippen LogP contribution in [0.3, 0.4) is 0 Å². The highest BCUT2D eigenvalue weighted by atomic mass is 19.1. The molecule has 2 aromatic rings. The number of carbonyl (C=O) groups excluding carboxylic acids is 1. The van der Waals surface area contributed by atoms with Crippen LogP contribution in [0.5, 0.6) is 5.75 Å². The quantitative estimate of drug-likeness (QED) is 0.548. The van der Waals surface area contributed by atoms with E-state index >= 15 is 0 Å². The lowest BCUT2D eigenvalue weighted by atomic mass is 10.2. The van der Waals surface area contributed by atoms with E-state index in [0.29, 0.717) is 31.1 Å². The zero-order valence-electron chi connectivity index (χ0n) is 17.0. The Morgan fingerprint density at radius 1 is 1.30 bits per heavy atom. The van der Waals surface area contributed by atoms with Gasteiger partial charge in [0.1, 0.15) is 18.6 Å². The van der Waals surface area contributed by atoms with E-state index in [1.165, 1.54) is 23.3 Å². The maximum atomic E-state index is 14.0. The number of benzene rings is 1. The first kappa shape index (κ1) is 21.8. The van der Waals surface area contributed by atoms with Crippen molar-refractivity contribution in [2.24, 2.45) is 0 Å². The zero-order chi connectivity index (χ0) is 21.3. The number of hydrogen-bond acceptors (Lipinski definition) is 6. The molecule has 1 aliphatic rings. The van der Waals surface area contributed by atoms with Crippen LogP contribution in [0.1, 0.15) is 5.76 Å². The Morgan fingerprint density at radius 3 is 2.77 bits per heavy atom. The number of para-hydroxylation sites is 1. The molecule has 3 rings (SSSR count). The van der Waals surface area contributed by atoms with Crippen LogP contribution in [-0.4, -0.2) is 59.0 Å². The summed E-state index contributed by atoms with van der Waals surface area (Å²) in [5, 5.41) is 2.61. The fourth-order valence-electron chi connectivity index (χ4n) is 3.32. The van der Waals surface area contributed by atoms with E-state index in [0.717, 1.165) is 26.2 Å². The number of halogens is 1. The van der Waals surface area contributed by atoms with Crippen molar-refractivity contribution in [2.75, 3.05) is 57.9 Å². The van der Waals surface area contributed by atoms with Crippen LogP contribution >= 0.6 is 0 Å². The lowest BCUT2D eigenvalue weighted by molar-refractivity contribution is -0.915. The molecule has 2 heterocycles. The van der Waals surface area contributed by atoms with Gasteiger partial charge in [-0.25, -0.2) is 4.39 Å². The number of rotatable bonds is 9. The Morgan fingerprint density at radius 2 is 2.07 bits per heavy atom. The van der Waals surface area contributed by atoms with E-state index in [4.69, 9.17) is 13.9 Å². The Labute approximate surface area is 174 Å². The second kappa shape index (κ2) is 10.7. The summed E-state index contributed by atoms with van der Waals surface area (Å²) < 4.78 is 29.6. The van der Waals surface area contributed by atoms with Gasteiger partial charge in [0, 0.05) is 19.7 Å². The molecule has 1 aromatic heterocycles. The van der Waals surface area contributed by atoms with Gasteiger partial charge in [-0.2, -0.15) is 0 Å². The second-order valence-electron chi connectivity index (χ2n) is 7.07. The van der Waals surface area contributed by atoms with Crippen molar-refractivity contribution < 1.29 is 28.0 Å². The average molecular weight is 420 g/mol. The number of nitrogens with zero attached hydrogens (tertiary/aromatic N) is 1. The van der Waals surface area contributed by atoms with Gasteiger partial charge in [0.2, 0.25) is 11.2 Å². The smallest absolute Gasteiger partial charge is 0.258 e. The molecule has 1 aromatic carbocycles. The molecule has 0 atom stereocenters. The minimum Gasteiger partial charge on any atom is -0.477 e. The number of ether oxygens (including phenoxy) is 2. The molecule has 1 saturated heterocycles. The third kappa shape index (κ3) is 6.04. The van der Waals surface area contributed by atoms with Crippen LogP contribution in [0.15, 0.2) is 45.8 Å². The summed E-state index contributed by atoms with van der Waals surface area (Å²) >= 11 is 0. The summed E-state index contributed by atoms with van der Waals surface area (Å²) in [5.74, 6) is -0.00569. The highest BCUT2D eigenvalue weighted by Gasteiger charge is 2.23. The van der Waals surface area contributed by atoms with Gasteiger partial charge in [-0.1, -0.05) is 12.1 Å². The third-order valence-electron chi connectivity index (χ3n) is 4.93. The molecule has 30 heavy (non-hydrogen) atoms. The molecule has 0 unspecified atom stereocenters. The van der Waals surface area contributed by atoms with Gasteiger partial charge < -0.3 is 29.0 Å². The normalized spacial score (nSPS) is 14.5. The molecule has 162 valence electrons. The van der Waals surface area contributed by atoms with E-state index in [9.17, 15) is 14.0 Å². The Hall–Kier alpha value is -2.91. The highest BCUT2D eigenvalue weighted by molar-refractivity contribution is 5.77. The van der Waals surface area contributed by atoms with Crippen molar-refractivity contribution in [1.29, 1.82) is 0 Å². The maximum absolute atomic E-state index is 14.0. The predicted molar refractivity (Wildman–Crippen MR) is 108 cm³/mol. The van der Waals surface area contributed by atoms with Crippen LogP contribution in [-0.2, 0) is 16.1 Å². The number of amides is 1. The van der Waals surface area contributed by atoms with Crippen molar-refractivity contribution in [3.63, 3.8) is 0 Å². The number of quaternary nitrogens is 1. The molecule has 1 fully saturated rings. The SMILES string of the molecule is COCCNC(=O)COc1coc(C[NH+]2CCN(c3ccccc3F)CC2)cc1=O. The summed E-state index contributed by atoms with van der Waals surface area (Å²) in [4.78, 5) is 27.1. The van der Waals surface area contributed by atoms with E-state index in [2.05, 4.69) is 5.32 Å². The summed E-state index contributed by atoms with van der Waals surface area (Å²) in [5.41, 5.74) is 0.293. The average Bonchev–Trinajstić information content (AvgIpc) is 2.74. The molecule has 0 bridgehead atoms. The predicted octanol–water partition coefficient (Wildman–Crippen LogP) is -0.175. The van der Waals surface area contributed by atoms with Gasteiger partial charge in [-0.05, 0) is 12.1 Å². The number of anilines is 1. The molecule has 9 heteroatoms. The maximum Gasteiger partial charge on any atom is 0.258 e. The van der Waals surface area contributed by atoms with Crippen LogP contribution < -0.4 is 25.3 Å². The van der Waals surface area contributed by atoms with E-state index in [1.54, 1.807) is 19.2 Å². The standard InChI is InChI=1S/C21H26FN3O5/c1-28-11-6-23-21(27)15-30-20-14-29-16(12-19(20)26)13-24-7-9-25(10-8-24)18-5-3-2-4-17(18)22/h2-5,12,14H,6-11,13,15H2,1H3,(H,23,27)/p+1. The summed E-state index contributed by atoms with van der Waals surface area (Å²) in [7, 11) is 1.54. The summed E-state index contributed by atoms with van der Waals surface area (Å²) in [6.07, 6.45) is 1.25. The molecular formula is C21H27FN3O5+. The number of methoxy groups -OCH3 is 1. The minimum absolute atomic E-state index is 0.0000126. The molecule has 2 N–H and O–H groups in total. The van der Waals surface area contributed by atoms with Crippen molar-refractivity contribution in [1.82, 2.24) is 5.32 Å². The number of hydrogen-bond donors (Lipinski definition) is 2. The Balaban J connectivity index is 1.47. The van der Waals surface area contributed by atoms with Crippen LogP contribution in [0.2, 0.25) is 0 Å². The van der Waals surface area contributed by atoms with Gasteiger partial charge >= 0.3 is 0 Å². The van der Waals surface area contributed by atoms with Crippen LogP contribution in [0, 0.1) is 5.82 Å². The lowest BCUT2D eigenvalue weighted by Crippen LogP contribution is -3.13. The summed E-state index contributed by atoms with van der Waals surface area (Å²) in [6, 6.07) is 8.17. The number of carbonyl (C=O) groups is 1. The van der Waals surface area contributed by atoms with Gasteiger partial charge in [0.25, 0.3) is 5.91 Å². The molecule has 0 spiro atoms. The van der Waals surface area contributed by atoms with Crippen molar-refractivity contribution in [3.05, 3.63) is 58.4 Å². The van der Waals surface area contributed by atoms with Gasteiger partial charge in [0.15, 0.2) is 12.4 Å². The number of nitrogens with one attached hydrogen (secondary N) is 2. The Kier molecular flexibility index (Phi) is 7.81. The summed E-state index contributed by atoms with van der Waals surface area (Å²) in [6.45, 7) is 4.11. The van der Waals surface area contributed by atoms with E-state index in [1.807, 2.05) is 11.0 Å². The largest absolute Gasteiger partial charge is 0.477 e. The number of piperazine rings is 1. The second-order valence-corrected chi connectivity index (χ2v) is 7.07. The molecule has 0 aliphatic carbocycles. The fourth-order valence-corrected chi connectivity index (χ4v) is 3.32. The van der Waals surface area contributed by atoms with Crippen molar-refractivity contribution >= 4 is 11.6 Å². The first-order valence-corrected chi connectivity index (χ1v) is 9.90. The fraction of sp³-hybridized carbons (Fsp3) is 0.429.